The van der Waals surface area contributed by atoms with Crippen LogP contribution in [-0.2, 0) is 13.0 Å². The van der Waals surface area contributed by atoms with Crippen LogP contribution in [-0.4, -0.2) is 16.9 Å². The Morgan fingerprint density at radius 3 is 2.19 bits per heavy atom. The SMILES string of the molecule is O=C(Nc1cccc(Cl)c1)c1cccc(CNc2ccc(C(=O)Nc3cccc(O)c3)cc2CCC2CCCCC2)c1. The van der Waals surface area contributed by atoms with Crippen molar-refractivity contribution in [2.24, 2.45) is 5.92 Å². The van der Waals surface area contributed by atoms with Gasteiger partial charge in [0.15, 0.2) is 0 Å². The third kappa shape index (κ3) is 8.14. The fourth-order valence-corrected chi connectivity index (χ4v) is 5.72. The minimum atomic E-state index is -0.218. The molecular formula is C35H36ClN3O3. The molecule has 2 amide bonds. The number of nitrogens with one attached hydrogen (secondary N) is 3. The van der Waals surface area contributed by atoms with Gasteiger partial charge in [-0.05, 0) is 90.6 Å². The predicted molar refractivity (Wildman–Crippen MR) is 171 cm³/mol. The molecule has 6 nitrogen and oxygen atoms in total. The Hall–Kier alpha value is -4.29. The number of benzene rings is 4. The van der Waals surface area contributed by atoms with Crippen molar-refractivity contribution in [3.8, 4) is 5.75 Å². The zero-order valence-electron chi connectivity index (χ0n) is 23.5. The van der Waals surface area contributed by atoms with Crippen molar-refractivity contribution in [3.63, 3.8) is 0 Å². The molecule has 0 spiro atoms. The Morgan fingerprint density at radius 1 is 0.762 bits per heavy atom. The number of aromatic hydroxyl groups is 1. The molecule has 216 valence electrons. The second-order valence-electron chi connectivity index (χ2n) is 10.9. The van der Waals surface area contributed by atoms with Crippen LogP contribution in [0.15, 0.2) is 91.0 Å². The van der Waals surface area contributed by atoms with Gasteiger partial charge in [-0.25, -0.2) is 0 Å². The molecule has 1 aliphatic rings. The lowest BCUT2D eigenvalue weighted by molar-refractivity contribution is 0.101. The second kappa shape index (κ2) is 14.1. The van der Waals surface area contributed by atoms with Crippen molar-refractivity contribution in [2.75, 3.05) is 16.0 Å². The van der Waals surface area contributed by atoms with E-state index in [1.165, 1.54) is 38.2 Å². The number of halogens is 1. The van der Waals surface area contributed by atoms with Gasteiger partial charge in [0.25, 0.3) is 11.8 Å². The molecule has 0 bridgehead atoms. The standard InChI is InChI=1S/C35H36ClN3O3/c36-29-11-5-12-30(21-29)38-34(41)27-10-4-9-25(19-27)23-37-33-18-17-28(35(42)39-31-13-6-14-32(40)22-31)20-26(33)16-15-24-7-2-1-3-8-24/h4-6,9-14,17-22,24,37,40H,1-3,7-8,15-16,23H2,(H,38,41)(H,39,42). The zero-order chi connectivity index (χ0) is 29.3. The summed E-state index contributed by atoms with van der Waals surface area (Å²) in [6.45, 7) is 0.531. The molecule has 0 atom stereocenters. The molecule has 0 saturated heterocycles. The number of anilines is 3. The average molecular weight is 582 g/mol. The van der Waals surface area contributed by atoms with Gasteiger partial charge in [0, 0.05) is 45.8 Å². The topological polar surface area (TPSA) is 90.5 Å². The van der Waals surface area contributed by atoms with E-state index in [0.29, 0.717) is 40.0 Å². The van der Waals surface area contributed by atoms with Crippen LogP contribution in [0.5, 0.6) is 5.75 Å². The maximum Gasteiger partial charge on any atom is 0.255 e. The Morgan fingerprint density at radius 2 is 1.45 bits per heavy atom. The van der Waals surface area contributed by atoms with Crippen LogP contribution < -0.4 is 16.0 Å². The van der Waals surface area contributed by atoms with E-state index in [0.717, 1.165) is 29.7 Å². The number of phenolic OH excluding ortho intramolecular Hbond substituents is 1. The molecule has 5 rings (SSSR count). The lowest BCUT2D eigenvalue weighted by Gasteiger charge is -2.22. The third-order valence-electron chi connectivity index (χ3n) is 7.77. The summed E-state index contributed by atoms with van der Waals surface area (Å²) >= 11 is 6.06. The van der Waals surface area contributed by atoms with Gasteiger partial charge < -0.3 is 21.1 Å². The first kappa shape index (κ1) is 29.2. The van der Waals surface area contributed by atoms with Crippen LogP contribution in [0.1, 0.15) is 70.4 Å². The Kier molecular flexibility index (Phi) is 9.78. The summed E-state index contributed by atoms with van der Waals surface area (Å²) in [6.07, 6.45) is 8.42. The van der Waals surface area contributed by atoms with E-state index in [1.54, 1.807) is 48.5 Å². The number of hydrogen-bond acceptors (Lipinski definition) is 4. The molecule has 0 aliphatic heterocycles. The number of carbonyl (C=O) groups is 2. The monoisotopic (exact) mass is 581 g/mol. The molecule has 1 aliphatic carbocycles. The summed E-state index contributed by atoms with van der Waals surface area (Å²) < 4.78 is 0. The highest BCUT2D eigenvalue weighted by Crippen LogP contribution is 2.30. The molecule has 4 aromatic carbocycles. The van der Waals surface area contributed by atoms with Gasteiger partial charge in [0.05, 0.1) is 0 Å². The molecular weight excluding hydrogens is 546 g/mol. The molecule has 0 aromatic heterocycles. The predicted octanol–water partition coefficient (Wildman–Crippen LogP) is 8.68. The smallest absolute Gasteiger partial charge is 0.255 e. The van der Waals surface area contributed by atoms with E-state index in [-0.39, 0.29) is 17.6 Å². The number of aryl methyl sites for hydroxylation is 1. The van der Waals surface area contributed by atoms with E-state index >= 15 is 0 Å². The van der Waals surface area contributed by atoms with Gasteiger partial charge in [-0.15, -0.1) is 0 Å². The van der Waals surface area contributed by atoms with Gasteiger partial charge in [-0.3, -0.25) is 9.59 Å². The molecule has 0 heterocycles. The summed E-state index contributed by atoms with van der Waals surface area (Å²) in [7, 11) is 0. The van der Waals surface area contributed by atoms with E-state index in [1.807, 2.05) is 36.4 Å². The van der Waals surface area contributed by atoms with Crippen molar-refractivity contribution < 1.29 is 14.7 Å². The highest BCUT2D eigenvalue weighted by atomic mass is 35.5. The number of hydrogen-bond donors (Lipinski definition) is 4. The van der Waals surface area contributed by atoms with E-state index in [2.05, 4.69) is 16.0 Å². The number of carbonyl (C=O) groups excluding carboxylic acids is 2. The van der Waals surface area contributed by atoms with E-state index in [9.17, 15) is 14.7 Å². The molecule has 0 radical (unpaired) electrons. The minimum absolute atomic E-state index is 0.103. The third-order valence-corrected chi connectivity index (χ3v) is 8.01. The van der Waals surface area contributed by atoms with E-state index in [4.69, 9.17) is 11.6 Å². The molecule has 1 saturated carbocycles. The number of phenols is 1. The summed E-state index contributed by atoms with van der Waals surface area (Å²) in [5.41, 5.74) is 5.37. The zero-order valence-corrected chi connectivity index (χ0v) is 24.3. The second-order valence-corrected chi connectivity index (χ2v) is 11.4. The highest BCUT2D eigenvalue weighted by Gasteiger charge is 2.16. The number of rotatable bonds is 10. The maximum atomic E-state index is 13.1. The highest BCUT2D eigenvalue weighted by molar-refractivity contribution is 6.31. The van der Waals surface area contributed by atoms with Crippen LogP contribution in [0.3, 0.4) is 0 Å². The Bertz CT molecular complexity index is 1550. The molecule has 1 fully saturated rings. The lowest BCUT2D eigenvalue weighted by Crippen LogP contribution is -2.14. The fourth-order valence-electron chi connectivity index (χ4n) is 5.53. The van der Waals surface area contributed by atoms with Crippen molar-refractivity contribution in [2.45, 2.75) is 51.5 Å². The van der Waals surface area contributed by atoms with Crippen molar-refractivity contribution in [1.29, 1.82) is 0 Å². The van der Waals surface area contributed by atoms with Crippen LogP contribution >= 0.6 is 11.6 Å². The summed E-state index contributed by atoms with van der Waals surface area (Å²) in [6, 6.07) is 26.9. The Balaban J connectivity index is 1.29. The first-order valence-electron chi connectivity index (χ1n) is 14.6. The normalized spacial score (nSPS) is 13.4. The Labute approximate surface area is 252 Å². The summed E-state index contributed by atoms with van der Waals surface area (Å²) in [5, 5.41) is 19.7. The van der Waals surface area contributed by atoms with Gasteiger partial charge in [-0.1, -0.05) is 68.0 Å². The lowest BCUT2D eigenvalue weighted by atomic mass is 9.85. The van der Waals surface area contributed by atoms with Crippen LogP contribution in [0.2, 0.25) is 5.02 Å². The van der Waals surface area contributed by atoms with Gasteiger partial charge >= 0.3 is 0 Å². The van der Waals surface area contributed by atoms with Gasteiger partial charge in [-0.2, -0.15) is 0 Å². The molecule has 0 unspecified atom stereocenters. The summed E-state index contributed by atoms with van der Waals surface area (Å²) in [5.74, 6) is 0.400. The first-order valence-corrected chi connectivity index (χ1v) is 14.9. The van der Waals surface area contributed by atoms with Crippen molar-refractivity contribution in [1.82, 2.24) is 0 Å². The largest absolute Gasteiger partial charge is 0.508 e. The molecule has 7 heteroatoms. The van der Waals surface area contributed by atoms with Crippen LogP contribution in [0.4, 0.5) is 17.1 Å². The van der Waals surface area contributed by atoms with Crippen molar-refractivity contribution >= 4 is 40.5 Å². The van der Waals surface area contributed by atoms with Crippen molar-refractivity contribution in [3.05, 3.63) is 118 Å². The molecule has 42 heavy (non-hydrogen) atoms. The van der Waals surface area contributed by atoms with Gasteiger partial charge in [0.2, 0.25) is 0 Å². The average Bonchev–Trinajstić information content (AvgIpc) is 3.00. The summed E-state index contributed by atoms with van der Waals surface area (Å²) in [4.78, 5) is 25.9. The minimum Gasteiger partial charge on any atom is -0.508 e. The van der Waals surface area contributed by atoms with Crippen LogP contribution in [0, 0.1) is 5.92 Å². The van der Waals surface area contributed by atoms with Gasteiger partial charge in [0.1, 0.15) is 5.75 Å². The molecule has 4 aromatic rings. The quantitative estimate of drug-likeness (QED) is 0.151. The first-order chi connectivity index (χ1) is 20.4. The number of amides is 2. The van der Waals surface area contributed by atoms with Crippen LogP contribution in [0.25, 0.3) is 0 Å². The maximum absolute atomic E-state index is 13.1. The molecule has 4 N–H and O–H groups in total. The van der Waals surface area contributed by atoms with E-state index < -0.39 is 0 Å². The fraction of sp³-hybridized carbons (Fsp3) is 0.257.